The van der Waals surface area contributed by atoms with Gasteiger partial charge in [-0.3, -0.25) is 14.9 Å². The molecule has 0 aliphatic carbocycles. The molecule has 4 aromatic rings. The van der Waals surface area contributed by atoms with E-state index in [0.717, 1.165) is 6.07 Å². The van der Waals surface area contributed by atoms with Crippen LogP contribution >= 0.6 is 0 Å². The highest BCUT2D eigenvalue weighted by Gasteiger charge is 2.19. The monoisotopic (exact) mass is 408 g/mol. The molecule has 0 fully saturated rings. The number of benzene rings is 2. The molecule has 2 aromatic heterocycles. The summed E-state index contributed by atoms with van der Waals surface area (Å²) in [6, 6.07) is 9.89. The summed E-state index contributed by atoms with van der Waals surface area (Å²) in [5.41, 5.74) is 1.03. The van der Waals surface area contributed by atoms with Gasteiger partial charge >= 0.3 is 0 Å². The molecule has 1 N–H and O–H groups in total. The molecule has 0 unspecified atom stereocenters. The number of aromatic nitrogens is 6. The lowest BCUT2D eigenvalue weighted by Gasteiger charge is -2.07. The number of halogens is 1. The largest absolute Gasteiger partial charge is 0.320 e. The van der Waals surface area contributed by atoms with E-state index >= 15 is 0 Å². The van der Waals surface area contributed by atoms with Crippen LogP contribution in [0.3, 0.4) is 0 Å². The molecule has 1 amide bonds. The highest BCUT2D eigenvalue weighted by Crippen LogP contribution is 2.20. The minimum atomic E-state index is -0.602. The summed E-state index contributed by atoms with van der Waals surface area (Å²) >= 11 is 0. The van der Waals surface area contributed by atoms with Gasteiger partial charge in [-0.2, -0.15) is 5.10 Å². The van der Waals surface area contributed by atoms with Crippen LogP contribution in [0.5, 0.6) is 0 Å². The second kappa shape index (κ2) is 7.50. The van der Waals surface area contributed by atoms with E-state index in [1.54, 1.807) is 13.0 Å². The molecular formula is C18H13FN8O3. The van der Waals surface area contributed by atoms with Crippen LogP contribution in [0, 0.1) is 22.9 Å². The summed E-state index contributed by atoms with van der Waals surface area (Å²) < 4.78 is 16.9. The van der Waals surface area contributed by atoms with E-state index in [9.17, 15) is 19.3 Å². The van der Waals surface area contributed by atoms with Gasteiger partial charge in [-0.25, -0.2) is 18.7 Å². The van der Waals surface area contributed by atoms with E-state index in [1.165, 1.54) is 52.4 Å². The minimum Gasteiger partial charge on any atom is -0.320 e. The number of nitro benzene ring substituents is 1. The van der Waals surface area contributed by atoms with Crippen LogP contribution in [0.1, 0.15) is 16.2 Å². The third kappa shape index (κ3) is 3.48. The third-order valence-corrected chi connectivity index (χ3v) is 4.27. The zero-order chi connectivity index (χ0) is 21.3. The molecule has 0 spiro atoms. The molecule has 0 radical (unpaired) electrons. The molecule has 2 aromatic carbocycles. The predicted molar refractivity (Wildman–Crippen MR) is 102 cm³/mol. The van der Waals surface area contributed by atoms with Crippen molar-refractivity contribution in [3.05, 3.63) is 82.4 Å². The number of nitrogens with zero attached hydrogens (tertiary/aromatic N) is 7. The first kappa shape index (κ1) is 18.9. The highest BCUT2D eigenvalue weighted by atomic mass is 19.1. The average Bonchev–Trinajstić information content (AvgIpc) is 3.38. The highest BCUT2D eigenvalue weighted by molar-refractivity contribution is 6.03. The number of non-ortho nitro benzene ring substituents is 1. The van der Waals surface area contributed by atoms with E-state index in [0.29, 0.717) is 11.4 Å². The first-order valence-electron chi connectivity index (χ1n) is 8.57. The number of anilines is 1. The maximum absolute atomic E-state index is 14.3. The Bertz CT molecular complexity index is 1250. The fraction of sp³-hybridized carbons (Fsp3) is 0.0556. The molecule has 0 aliphatic heterocycles. The number of amides is 1. The summed E-state index contributed by atoms with van der Waals surface area (Å²) in [5, 5.41) is 25.2. The van der Waals surface area contributed by atoms with Crippen molar-refractivity contribution in [3.63, 3.8) is 0 Å². The van der Waals surface area contributed by atoms with Gasteiger partial charge in [0.2, 0.25) is 0 Å². The van der Waals surface area contributed by atoms with Gasteiger partial charge < -0.3 is 5.32 Å². The van der Waals surface area contributed by atoms with E-state index < -0.39 is 16.6 Å². The Labute approximate surface area is 167 Å². The number of hydrogen-bond donors (Lipinski definition) is 1. The standard InChI is InChI=1S/C18H13FN8O3/c1-11-17(23-24-26(11)13-3-2-4-14(8-13)27(29)30)18(28)22-12-5-6-16(15(19)7-12)25-10-20-9-21-25/h2-10H,1H3,(H,22,28). The van der Waals surface area contributed by atoms with Crippen LogP contribution < -0.4 is 5.32 Å². The topological polar surface area (TPSA) is 134 Å². The van der Waals surface area contributed by atoms with E-state index in [-0.39, 0.29) is 22.8 Å². The summed E-state index contributed by atoms with van der Waals surface area (Å²) in [7, 11) is 0. The summed E-state index contributed by atoms with van der Waals surface area (Å²) in [5.74, 6) is -1.20. The van der Waals surface area contributed by atoms with Gasteiger partial charge in [-0.05, 0) is 31.2 Å². The van der Waals surface area contributed by atoms with Gasteiger partial charge in [0.15, 0.2) is 11.5 Å². The van der Waals surface area contributed by atoms with Crippen LogP contribution in [-0.4, -0.2) is 40.6 Å². The Morgan fingerprint density at radius 2 is 2.07 bits per heavy atom. The summed E-state index contributed by atoms with van der Waals surface area (Å²) in [4.78, 5) is 26.8. The Balaban J connectivity index is 1.57. The fourth-order valence-electron chi connectivity index (χ4n) is 2.82. The molecule has 0 saturated heterocycles. The molecule has 0 saturated carbocycles. The van der Waals surface area contributed by atoms with E-state index in [4.69, 9.17) is 0 Å². The zero-order valence-corrected chi connectivity index (χ0v) is 15.4. The zero-order valence-electron chi connectivity index (χ0n) is 15.4. The quantitative estimate of drug-likeness (QED) is 0.396. The maximum atomic E-state index is 14.3. The SMILES string of the molecule is Cc1c(C(=O)Nc2ccc(-n3cncn3)c(F)c2)nnn1-c1cccc([N+](=O)[O-])c1. The number of carbonyl (C=O) groups is 1. The molecule has 0 atom stereocenters. The van der Waals surface area contributed by atoms with Crippen molar-refractivity contribution < 1.29 is 14.1 Å². The number of carbonyl (C=O) groups excluding carboxylic acids is 1. The molecule has 0 aliphatic rings. The van der Waals surface area contributed by atoms with Crippen molar-refractivity contribution in [1.82, 2.24) is 29.8 Å². The van der Waals surface area contributed by atoms with Gasteiger partial charge in [-0.15, -0.1) is 5.10 Å². The lowest BCUT2D eigenvalue weighted by Crippen LogP contribution is -2.14. The smallest absolute Gasteiger partial charge is 0.278 e. The van der Waals surface area contributed by atoms with Crippen molar-refractivity contribution in [2.45, 2.75) is 6.92 Å². The number of nitrogens with one attached hydrogen (secondary N) is 1. The normalized spacial score (nSPS) is 10.7. The van der Waals surface area contributed by atoms with E-state index in [1.807, 2.05) is 0 Å². The summed E-state index contributed by atoms with van der Waals surface area (Å²) in [6.07, 6.45) is 2.63. The molecular weight excluding hydrogens is 395 g/mol. The third-order valence-electron chi connectivity index (χ3n) is 4.27. The molecule has 4 rings (SSSR count). The predicted octanol–water partition coefficient (Wildman–Crippen LogP) is 2.46. The van der Waals surface area contributed by atoms with Gasteiger partial charge in [0.25, 0.3) is 11.6 Å². The molecule has 12 heteroatoms. The maximum Gasteiger partial charge on any atom is 0.278 e. The molecule has 150 valence electrons. The summed E-state index contributed by atoms with van der Waals surface area (Å²) in [6.45, 7) is 1.60. The molecule has 2 heterocycles. The lowest BCUT2D eigenvalue weighted by molar-refractivity contribution is -0.384. The van der Waals surface area contributed by atoms with Crippen molar-refractivity contribution in [2.24, 2.45) is 0 Å². The van der Waals surface area contributed by atoms with Gasteiger partial charge in [0.05, 0.1) is 16.3 Å². The van der Waals surface area contributed by atoms with Crippen LogP contribution in [0.15, 0.2) is 55.1 Å². The first-order valence-corrected chi connectivity index (χ1v) is 8.57. The first-order chi connectivity index (χ1) is 14.4. The van der Waals surface area contributed by atoms with Crippen molar-refractivity contribution in [2.75, 3.05) is 5.32 Å². The van der Waals surface area contributed by atoms with Crippen molar-refractivity contribution >= 4 is 17.3 Å². The number of nitro groups is 1. The van der Waals surface area contributed by atoms with Crippen LogP contribution in [0.4, 0.5) is 15.8 Å². The Kier molecular flexibility index (Phi) is 4.72. The Morgan fingerprint density at radius 1 is 1.23 bits per heavy atom. The molecule has 11 nitrogen and oxygen atoms in total. The van der Waals surface area contributed by atoms with Gasteiger partial charge in [0, 0.05) is 17.8 Å². The van der Waals surface area contributed by atoms with E-state index in [2.05, 4.69) is 25.7 Å². The van der Waals surface area contributed by atoms with Gasteiger partial charge in [-0.1, -0.05) is 11.3 Å². The number of rotatable bonds is 5. The van der Waals surface area contributed by atoms with Crippen LogP contribution in [-0.2, 0) is 0 Å². The molecule has 30 heavy (non-hydrogen) atoms. The lowest BCUT2D eigenvalue weighted by atomic mass is 10.2. The minimum absolute atomic E-state index is 0.00210. The van der Waals surface area contributed by atoms with Crippen molar-refractivity contribution in [3.8, 4) is 11.4 Å². The molecule has 0 bridgehead atoms. The Hall–Kier alpha value is -4.48. The van der Waals surface area contributed by atoms with Crippen LogP contribution in [0.25, 0.3) is 11.4 Å². The second-order valence-electron chi connectivity index (χ2n) is 6.17. The Morgan fingerprint density at radius 3 is 2.77 bits per heavy atom. The number of hydrogen-bond acceptors (Lipinski definition) is 7. The van der Waals surface area contributed by atoms with Crippen molar-refractivity contribution in [1.29, 1.82) is 0 Å². The fourth-order valence-corrected chi connectivity index (χ4v) is 2.82. The second-order valence-corrected chi connectivity index (χ2v) is 6.17. The van der Waals surface area contributed by atoms with Gasteiger partial charge in [0.1, 0.15) is 18.3 Å². The van der Waals surface area contributed by atoms with Crippen LogP contribution in [0.2, 0.25) is 0 Å². The average molecular weight is 408 g/mol.